The van der Waals surface area contributed by atoms with Gasteiger partial charge in [0.25, 0.3) is 0 Å². The Kier molecular flexibility index (Phi) is 3.63. The zero-order valence-corrected chi connectivity index (χ0v) is 10.6. The fraction of sp³-hybridized carbons (Fsp3) is 0.500. The molecular formula is C12H16Cl2N2. The number of rotatable bonds is 4. The molecule has 0 saturated heterocycles. The van der Waals surface area contributed by atoms with Crippen molar-refractivity contribution in [3.8, 4) is 0 Å². The first kappa shape index (κ1) is 12.0. The van der Waals surface area contributed by atoms with Gasteiger partial charge in [-0.25, -0.2) is 0 Å². The Hall–Kier alpha value is -0.440. The highest BCUT2D eigenvalue weighted by Gasteiger charge is 2.35. The molecule has 0 bridgehead atoms. The molecule has 0 radical (unpaired) electrons. The van der Waals surface area contributed by atoms with Crippen LogP contribution in [0.4, 0.5) is 5.69 Å². The van der Waals surface area contributed by atoms with Crippen molar-refractivity contribution >= 4 is 28.9 Å². The molecule has 2 rings (SSSR count). The molecule has 0 spiro atoms. The van der Waals surface area contributed by atoms with Gasteiger partial charge in [-0.15, -0.1) is 0 Å². The van der Waals surface area contributed by atoms with E-state index in [2.05, 4.69) is 5.32 Å². The summed E-state index contributed by atoms with van der Waals surface area (Å²) in [6.45, 7) is 1.63. The summed E-state index contributed by atoms with van der Waals surface area (Å²) in [6, 6.07) is 5.50. The maximum absolute atomic E-state index is 6.08. The van der Waals surface area contributed by atoms with E-state index in [1.54, 1.807) is 6.07 Å². The normalized spacial score (nSPS) is 17.9. The summed E-state index contributed by atoms with van der Waals surface area (Å²) in [6.07, 6.45) is 3.71. The predicted molar refractivity (Wildman–Crippen MR) is 70.3 cm³/mol. The van der Waals surface area contributed by atoms with Gasteiger partial charge in [0.15, 0.2) is 0 Å². The molecular weight excluding hydrogens is 243 g/mol. The van der Waals surface area contributed by atoms with Crippen LogP contribution in [0.1, 0.15) is 19.3 Å². The van der Waals surface area contributed by atoms with Crippen LogP contribution in [-0.2, 0) is 0 Å². The largest absolute Gasteiger partial charge is 0.383 e. The second kappa shape index (κ2) is 4.82. The molecule has 0 heterocycles. The molecule has 1 aliphatic carbocycles. The predicted octanol–water partition coefficient (Wildman–Crippen LogP) is 3.53. The minimum Gasteiger partial charge on any atom is -0.383 e. The van der Waals surface area contributed by atoms with Gasteiger partial charge in [0.05, 0.1) is 10.7 Å². The lowest BCUT2D eigenvalue weighted by Crippen LogP contribution is -2.42. The summed E-state index contributed by atoms with van der Waals surface area (Å²) in [4.78, 5) is 0. The van der Waals surface area contributed by atoms with Gasteiger partial charge in [0.2, 0.25) is 0 Å². The number of halogens is 2. The standard InChI is InChI=1S/C12H16Cl2N2/c13-9-2-3-11(10(14)6-9)16-8-12(7-15)4-1-5-12/h2-3,6,16H,1,4-5,7-8,15H2. The fourth-order valence-electron chi connectivity index (χ4n) is 2.05. The molecule has 4 heteroatoms. The van der Waals surface area contributed by atoms with Crippen molar-refractivity contribution in [1.29, 1.82) is 0 Å². The summed E-state index contributed by atoms with van der Waals surface area (Å²) in [5.41, 5.74) is 7.02. The third-order valence-corrected chi connectivity index (χ3v) is 3.98. The first-order valence-corrected chi connectivity index (χ1v) is 6.30. The molecule has 2 nitrogen and oxygen atoms in total. The van der Waals surface area contributed by atoms with Gasteiger partial charge in [-0.3, -0.25) is 0 Å². The monoisotopic (exact) mass is 258 g/mol. The van der Waals surface area contributed by atoms with Gasteiger partial charge >= 0.3 is 0 Å². The van der Waals surface area contributed by atoms with Crippen LogP contribution in [-0.4, -0.2) is 13.1 Å². The van der Waals surface area contributed by atoms with Crippen LogP contribution in [0.15, 0.2) is 18.2 Å². The van der Waals surface area contributed by atoms with Gasteiger partial charge in [-0.2, -0.15) is 0 Å². The van der Waals surface area contributed by atoms with Crippen molar-refractivity contribution in [3.05, 3.63) is 28.2 Å². The lowest BCUT2D eigenvalue weighted by atomic mass is 9.69. The van der Waals surface area contributed by atoms with Gasteiger partial charge in [-0.05, 0) is 43.0 Å². The molecule has 0 atom stereocenters. The lowest BCUT2D eigenvalue weighted by molar-refractivity contribution is 0.163. The quantitative estimate of drug-likeness (QED) is 0.868. The van der Waals surface area contributed by atoms with E-state index in [9.17, 15) is 0 Å². The number of nitrogens with one attached hydrogen (secondary N) is 1. The van der Waals surface area contributed by atoms with E-state index in [4.69, 9.17) is 28.9 Å². The summed E-state index contributed by atoms with van der Waals surface area (Å²) in [5.74, 6) is 0. The van der Waals surface area contributed by atoms with Crippen LogP contribution < -0.4 is 11.1 Å². The van der Waals surface area contributed by atoms with Crippen LogP contribution in [0.25, 0.3) is 0 Å². The third kappa shape index (κ3) is 2.45. The SMILES string of the molecule is NCC1(CNc2ccc(Cl)cc2Cl)CCC1. The van der Waals surface area contributed by atoms with E-state index < -0.39 is 0 Å². The summed E-state index contributed by atoms with van der Waals surface area (Å²) in [5, 5.41) is 4.69. The van der Waals surface area contributed by atoms with E-state index in [-0.39, 0.29) is 5.41 Å². The van der Waals surface area contributed by atoms with Crippen molar-refractivity contribution in [1.82, 2.24) is 0 Å². The van der Waals surface area contributed by atoms with E-state index >= 15 is 0 Å². The molecule has 16 heavy (non-hydrogen) atoms. The van der Waals surface area contributed by atoms with Crippen molar-refractivity contribution in [2.24, 2.45) is 11.1 Å². The molecule has 1 aromatic carbocycles. The van der Waals surface area contributed by atoms with E-state index in [1.807, 2.05) is 12.1 Å². The second-order valence-corrected chi connectivity index (χ2v) is 5.38. The molecule has 0 aromatic heterocycles. The number of anilines is 1. The van der Waals surface area contributed by atoms with Crippen LogP contribution in [0.3, 0.4) is 0 Å². The highest BCUT2D eigenvalue weighted by atomic mass is 35.5. The Morgan fingerprint density at radius 3 is 2.56 bits per heavy atom. The highest BCUT2D eigenvalue weighted by molar-refractivity contribution is 6.36. The van der Waals surface area contributed by atoms with E-state index in [0.717, 1.165) is 18.8 Å². The molecule has 1 aliphatic rings. The minimum atomic E-state index is 0.281. The Bertz CT molecular complexity index is 370. The van der Waals surface area contributed by atoms with Crippen LogP contribution >= 0.6 is 23.2 Å². The Morgan fingerprint density at radius 2 is 2.06 bits per heavy atom. The topological polar surface area (TPSA) is 38.0 Å². The molecule has 1 saturated carbocycles. The van der Waals surface area contributed by atoms with Gasteiger partial charge < -0.3 is 11.1 Å². The summed E-state index contributed by atoms with van der Waals surface area (Å²) in [7, 11) is 0. The second-order valence-electron chi connectivity index (χ2n) is 4.54. The van der Waals surface area contributed by atoms with E-state index in [1.165, 1.54) is 19.3 Å². The average molecular weight is 259 g/mol. The minimum absolute atomic E-state index is 0.281. The Morgan fingerprint density at radius 1 is 1.31 bits per heavy atom. The van der Waals surface area contributed by atoms with Crippen molar-refractivity contribution < 1.29 is 0 Å². The van der Waals surface area contributed by atoms with Gasteiger partial charge in [-0.1, -0.05) is 29.6 Å². The summed E-state index contributed by atoms with van der Waals surface area (Å²) < 4.78 is 0. The van der Waals surface area contributed by atoms with Crippen molar-refractivity contribution in [2.45, 2.75) is 19.3 Å². The molecule has 0 amide bonds. The van der Waals surface area contributed by atoms with Gasteiger partial charge in [0, 0.05) is 11.6 Å². The first-order chi connectivity index (χ1) is 7.65. The maximum atomic E-state index is 6.08. The molecule has 1 aromatic rings. The highest BCUT2D eigenvalue weighted by Crippen LogP contribution is 2.40. The number of benzene rings is 1. The maximum Gasteiger partial charge on any atom is 0.0652 e. The zero-order chi connectivity index (χ0) is 11.6. The molecule has 0 unspecified atom stereocenters. The van der Waals surface area contributed by atoms with Crippen LogP contribution in [0.2, 0.25) is 10.0 Å². The summed E-state index contributed by atoms with van der Waals surface area (Å²) >= 11 is 11.9. The Labute approximate surface area is 106 Å². The number of hydrogen-bond acceptors (Lipinski definition) is 2. The fourth-order valence-corrected chi connectivity index (χ4v) is 2.52. The molecule has 3 N–H and O–H groups in total. The number of nitrogens with two attached hydrogens (primary N) is 1. The van der Waals surface area contributed by atoms with Crippen LogP contribution in [0.5, 0.6) is 0 Å². The number of hydrogen-bond donors (Lipinski definition) is 2. The van der Waals surface area contributed by atoms with Crippen molar-refractivity contribution in [2.75, 3.05) is 18.4 Å². The zero-order valence-electron chi connectivity index (χ0n) is 9.10. The van der Waals surface area contributed by atoms with Crippen molar-refractivity contribution in [3.63, 3.8) is 0 Å². The van der Waals surface area contributed by atoms with E-state index in [0.29, 0.717) is 10.0 Å². The lowest BCUT2D eigenvalue weighted by Gasteiger charge is -2.41. The van der Waals surface area contributed by atoms with Crippen LogP contribution in [0, 0.1) is 5.41 Å². The molecule has 1 fully saturated rings. The third-order valence-electron chi connectivity index (χ3n) is 3.43. The molecule has 0 aliphatic heterocycles. The molecule has 88 valence electrons. The van der Waals surface area contributed by atoms with Gasteiger partial charge in [0.1, 0.15) is 0 Å². The Balaban J connectivity index is 1.99. The average Bonchev–Trinajstić information content (AvgIpc) is 2.19. The first-order valence-electron chi connectivity index (χ1n) is 5.54. The smallest absolute Gasteiger partial charge is 0.0652 e.